The van der Waals surface area contributed by atoms with Crippen molar-refractivity contribution in [2.75, 3.05) is 6.54 Å². The molecular formula is C14H23N3O2. The highest BCUT2D eigenvalue weighted by atomic mass is 16.5. The molecule has 1 saturated heterocycles. The highest BCUT2D eigenvalue weighted by Crippen LogP contribution is 2.43. The number of carbonyl (C=O) groups excluding carboxylic acids is 1. The smallest absolute Gasteiger partial charge is 0.188 e. The van der Waals surface area contributed by atoms with Gasteiger partial charge in [0, 0.05) is 19.3 Å². The summed E-state index contributed by atoms with van der Waals surface area (Å²) in [6.07, 6.45) is 4.16. The first-order valence-corrected chi connectivity index (χ1v) is 6.71. The Bertz CT molecular complexity index is 477. The van der Waals surface area contributed by atoms with E-state index in [9.17, 15) is 4.79 Å². The summed E-state index contributed by atoms with van der Waals surface area (Å²) in [6, 6.07) is 0. The van der Waals surface area contributed by atoms with Crippen LogP contribution in [0.3, 0.4) is 0 Å². The molecule has 19 heavy (non-hydrogen) atoms. The highest BCUT2D eigenvalue weighted by Gasteiger charge is 2.49. The van der Waals surface area contributed by atoms with E-state index in [0.717, 1.165) is 6.42 Å². The third kappa shape index (κ3) is 2.87. The maximum Gasteiger partial charge on any atom is 0.188 e. The van der Waals surface area contributed by atoms with Gasteiger partial charge < -0.3 is 15.0 Å². The Hall–Kier alpha value is -1.20. The van der Waals surface area contributed by atoms with Crippen molar-refractivity contribution in [3.63, 3.8) is 0 Å². The van der Waals surface area contributed by atoms with Gasteiger partial charge in [-0.25, -0.2) is 4.98 Å². The minimum absolute atomic E-state index is 0.0614. The highest BCUT2D eigenvalue weighted by molar-refractivity contribution is 5.97. The predicted molar refractivity (Wildman–Crippen MR) is 73.0 cm³/mol. The molecule has 0 aliphatic carbocycles. The normalized spacial score (nSPS) is 24.6. The fourth-order valence-electron chi connectivity index (χ4n) is 2.91. The Morgan fingerprint density at radius 1 is 1.53 bits per heavy atom. The summed E-state index contributed by atoms with van der Waals surface area (Å²) in [5, 5.41) is 0. The Balaban J connectivity index is 2.19. The summed E-state index contributed by atoms with van der Waals surface area (Å²) >= 11 is 0. The zero-order valence-corrected chi connectivity index (χ0v) is 12.1. The maximum atomic E-state index is 12.6. The molecule has 1 aromatic heterocycles. The molecule has 5 nitrogen and oxygen atoms in total. The van der Waals surface area contributed by atoms with Crippen molar-refractivity contribution in [3.8, 4) is 0 Å². The molecule has 0 radical (unpaired) electrons. The number of carbonyl (C=O) groups is 1. The average molecular weight is 265 g/mol. The van der Waals surface area contributed by atoms with Gasteiger partial charge in [-0.05, 0) is 34.1 Å². The van der Waals surface area contributed by atoms with Crippen molar-refractivity contribution >= 4 is 5.78 Å². The molecule has 106 valence electrons. The van der Waals surface area contributed by atoms with Crippen LogP contribution < -0.4 is 5.73 Å². The lowest BCUT2D eigenvalue weighted by atomic mass is 9.83. The fraction of sp³-hybridized carbons (Fsp3) is 0.714. The first-order chi connectivity index (χ1) is 8.75. The van der Waals surface area contributed by atoms with Gasteiger partial charge in [-0.3, -0.25) is 4.79 Å². The summed E-state index contributed by atoms with van der Waals surface area (Å²) in [4.78, 5) is 16.8. The predicted octanol–water partition coefficient (Wildman–Crippen LogP) is 1.62. The SMILES string of the molecule is CC1(C)CC(C(=O)c2cn(CCN)cn2)C(C)(C)O1. The fourth-order valence-corrected chi connectivity index (χ4v) is 2.91. The van der Waals surface area contributed by atoms with Gasteiger partial charge in [0.1, 0.15) is 5.69 Å². The lowest BCUT2D eigenvalue weighted by molar-refractivity contribution is -0.0712. The minimum atomic E-state index is -0.446. The number of Topliss-reactive ketones (excluding diaryl/α,β-unsaturated/α-hetero) is 1. The van der Waals surface area contributed by atoms with E-state index in [2.05, 4.69) is 4.98 Å². The average Bonchev–Trinajstić information content (AvgIpc) is 2.80. The summed E-state index contributed by atoms with van der Waals surface area (Å²) in [5.41, 5.74) is 5.29. The molecule has 1 aromatic rings. The lowest BCUT2D eigenvalue weighted by Crippen LogP contribution is -2.34. The Morgan fingerprint density at radius 2 is 2.21 bits per heavy atom. The van der Waals surface area contributed by atoms with Crippen LogP contribution in [-0.2, 0) is 11.3 Å². The summed E-state index contributed by atoms with van der Waals surface area (Å²) in [7, 11) is 0. The van der Waals surface area contributed by atoms with Crippen LogP contribution in [0.2, 0.25) is 0 Å². The van der Waals surface area contributed by atoms with Gasteiger partial charge in [-0.1, -0.05) is 0 Å². The van der Waals surface area contributed by atoms with E-state index >= 15 is 0 Å². The van der Waals surface area contributed by atoms with Crippen LogP contribution in [0.4, 0.5) is 0 Å². The molecule has 1 aliphatic rings. The number of ether oxygens (including phenoxy) is 1. The number of imidazole rings is 1. The number of nitrogens with two attached hydrogens (primary N) is 1. The van der Waals surface area contributed by atoms with Crippen molar-refractivity contribution in [3.05, 3.63) is 18.2 Å². The molecule has 2 rings (SSSR count). The van der Waals surface area contributed by atoms with Crippen LogP contribution in [0.25, 0.3) is 0 Å². The molecule has 0 bridgehead atoms. The molecule has 0 aromatic carbocycles. The van der Waals surface area contributed by atoms with Crippen LogP contribution in [0.5, 0.6) is 0 Å². The topological polar surface area (TPSA) is 70.1 Å². The van der Waals surface area contributed by atoms with E-state index < -0.39 is 5.60 Å². The monoisotopic (exact) mass is 265 g/mol. The van der Waals surface area contributed by atoms with Gasteiger partial charge in [0.05, 0.1) is 23.4 Å². The van der Waals surface area contributed by atoms with E-state index in [1.165, 1.54) is 0 Å². The van der Waals surface area contributed by atoms with Crippen molar-refractivity contribution in [1.29, 1.82) is 0 Å². The zero-order chi connectivity index (χ0) is 14.3. The van der Waals surface area contributed by atoms with Gasteiger partial charge in [-0.2, -0.15) is 0 Å². The van der Waals surface area contributed by atoms with Crippen molar-refractivity contribution in [1.82, 2.24) is 9.55 Å². The minimum Gasteiger partial charge on any atom is -0.369 e. The van der Waals surface area contributed by atoms with Crippen LogP contribution in [0.15, 0.2) is 12.5 Å². The van der Waals surface area contributed by atoms with Gasteiger partial charge in [0.15, 0.2) is 5.78 Å². The summed E-state index contributed by atoms with van der Waals surface area (Å²) in [5.74, 6) is -0.0879. The summed E-state index contributed by atoms with van der Waals surface area (Å²) < 4.78 is 7.82. The van der Waals surface area contributed by atoms with E-state index in [0.29, 0.717) is 18.8 Å². The van der Waals surface area contributed by atoms with E-state index in [-0.39, 0.29) is 17.3 Å². The standard InChI is InChI=1S/C14H23N3O2/c1-13(2)7-10(14(3,4)19-13)12(18)11-8-17(6-5-15)9-16-11/h8-10H,5-7,15H2,1-4H3. The molecule has 2 N–H and O–H groups in total. The summed E-state index contributed by atoms with van der Waals surface area (Å²) in [6.45, 7) is 9.21. The molecule has 1 fully saturated rings. The Labute approximate surface area is 114 Å². The van der Waals surface area contributed by atoms with Crippen LogP contribution in [-0.4, -0.2) is 33.1 Å². The number of rotatable bonds is 4. The molecule has 2 heterocycles. The number of nitrogens with zero attached hydrogens (tertiary/aromatic N) is 2. The van der Waals surface area contributed by atoms with E-state index in [1.54, 1.807) is 12.5 Å². The lowest BCUT2D eigenvalue weighted by Gasteiger charge is -2.26. The van der Waals surface area contributed by atoms with E-state index in [4.69, 9.17) is 10.5 Å². The third-order valence-electron chi connectivity index (χ3n) is 3.66. The number of aromatic nitrogens is 2. The molecule has 1 atom stereocenters. The molecule has 0 saturated carbocycles. The third-order valence-corrected chi connectivity index (χ3v) is 3.66. The molecule has 5 heteroatoms. The maximum absolute atomic E-state index is 12.6. The number of hydrogen-bond donors (Lipinski definition) is 1. The molecule has 0 amide bonds. The zero-order valence-electron chi connectivity index (χ0n) is 12.1. The largest absolute Gasteiger partial charge is 0.369 e. The van der Waals surface area contributed by atoms with Crippen LogP contribution in [0.1, 0.15) is 44.6 Å². The number of ketones is 1. The molecular weight excluding hydrogens is 242 g/mol. The van der Waals surface area contributed by atoms with Gasteiger partial charge >= 0.3 is 0 Å². The van der Waals surface area contributed by atoms with Gasteiger partial charge in [-0.15, -0.1) is 0 Å². The molecule has 1 aliphatic heterocycles. The van der Waals surface area contributed by atoms with Gasteiger partial charge in [0.2, 0.25) is 0 Å². The number of hydrogen-bond acceptors (Lipinski definition) is 4. The first kappa shape index (κ1) is 14.2. The Morgan fingerprint density at radius 3 is 2.74 bits per heavy atom. The van der Waals surface area contributed by atoms with Gasteiger partial charge in [0.25, 0.3) is 0 Å². The Kier molecular flexibility index (Phi) is 3.53. The van der Waals surface area contributed by atoms with Crippen molar-refractivity contribution < 1.29 is 9.53 Å². The van der Waals surface area contributed by atoms with Crippen LogP contribution >= 0.6 is 0 Å². The van der Waals surface area contributed by atoms with Crippen molar-refractivity contribution in [2.45, 2.75) is 51.9 Å². The second-order valence-electron chi connectivity index (χ2n) is 6.37. The van der Waals surface area contributed by atoms with Crippen LogP contribution in [0, 0.1) is 5.92 Å². The second kappa shape index (κ2) is 4.72. The molecule has 0 spiro atoms. The van der Waals surface area contributed by atoms with Crippen molar-refractivity contribution in [2.24, 2.45) is 11.7 Å². The second-order valence-corrected chi connectivity index (χ2v) is 6.37. The first-order valence-electron chi connectivity index (χ1n) is 6.71. The quantitative estimate of drug-likeness (QED) is 0.840. The van der Waals surface area contributed by atoms with E-state index in [1.807, 2.05) is 32.3 Å². The molecule has 1 unspecified atom stereocenters.